The number of para-hydroxylation sites is 4. The number of nitrogens with zero attached hydrogens (tertiary/aromatic N) is 3. The van der Waals surface area contributed by atoms with E-state index in [0.717, 1.165) is 107 Å². The fourth-order valence-electron chi connectivity index (χ4n) is 14.0. The maximum atomic E-state index is 8.61. The monoisotopic (exact) mass is 1200 g/mol. The highest BCUT2D eigenvalue weighted by atomic mass is 35.5. The molecule has 0 atom stereocenters. The van der Waals surface area contributed by atoms with Gasteiger partial charge in [0.2, 0.25) is 0 Å². The molecule has 91 heavy (non-hydrogen) atoms. The van der Waals surface area contributed by atoms with Gasteiger partial charge in [0.1, 0.15) is 17.1 Å². The Bertz CT molecular complexity index is 4820. The van der Waals surface area contributed by atoms with E-state index in [1.54, 1.807) is 0 Å². The molecule has 0 radical (unpaired) electrons. The number of fused-ring (bicyclic) bond motifs is 12. The molecule has 0 saturated carbocycles. The van der Waals surface area contributed by atoms with Gasteiger partial charge in [0.25, 0.3) is 0 Å². The summed E-state index contributed by atoms with van der Waals surface area (Å²) in [5.41, 5.74) is 21.8. The van der Waals surface area contributed by atoms with Crippen molar-refractivity contribution in [3.63, 3.8) is 0 Å². The summed E-state index contributed by atoms with van der Waals surface area (Å²) in [7, 11) is 0. The first-order chi connectivity index (χ1) is 43.9. The van der Waals surface area contributed by atoms with Crippen LogP contribution < -0.4 is 19.4 Å². The Morgan fingerprint density at radius 3 is 1.36 bits per heavy atom. The summed E-state index contributed by atoms with van der Waals surface area (Å²) in [5, 5.41) is 2.59. The van der Waals surface area contributed by atoms with Crippen molar-refractivity contribution in [2.75, 3.05) is 14.7 Å². The molecule has 1 spiro atoms. The Morgan fingerprint density at radius 1 is 0.319 bits per heavy atom. The number of hydrogen-bond acceptors (Lipinski definition) is 5. The van der Waals surface area contributed by atoms with Crippen molar-refractivity contribution in [2.45, 2.75) is 84.0 Å². The van der Waals surface area contributed by atoms with E-state index in [1.807, 2.05) is 6.07 Å². The molecule has 446 valence electrons. The van der Waals surface area contributed by atoms with Gasteiger partial charge in [0.05, 0.1) is 27.5 Å². The maximum Gasteiger partial charge on any atom is 0.159 e. The summed E-state index contributed by atoms with van der Waals surface area (Å²) < 4.78 is 13.9. The first-order valence-electron chi connectivity index (χ1n) is 31.7. The van der Waals surface area contributed by atoms with Gasteiger partial charge in [0, 0.05) is 56.0 Å². The van der Waals surface area contributed by atoms with E-state index in [-0.39, 0.29) is 16.2 Å². The highest BCUT2D eigenvalue weighted by Gasteiger charge is 2.51. The predicted octanol–water partition coefficient (Wildman–Crippen LogP) is 24.7. The summed E-state index contributed by atoms with van der Waals surface area (Å²) in [4.78, 5) is 7.06. The van der Waals surface area contributed by atoms with Crippen LogP contribution in [0.5, 0.6) is 11.5 Å². The molecular formula is C85H72ClN3O2. The second-order valence-corrected chi connectivity index (χ2v) is 27.9. The second-order valence-electron chi connectivity index (χ2n) is 27.5. The Labute approximate surface area is 540 Å². The molecule has 0 N–H and O–H groups in total. The third kappa shape index (κ3) is 9.77. The van der Waals surface area contributed by atoms with Gasteiger partial charge in [-0.2, -0.15) is 0 Å². The van der Waals surface area contributed by atoms with Crippen LogP contribution in [0.4, 0.5) is 51.2 Å². The molecule has 5 nitrogen and oxygen atoms in total. The zero-order valence-electron chi connectivity index (χ0n) is 53.0. The van der Waals surface area contributed by atoms with Gasteiger partial charge in [-0.1, -0.05) is 244 Å². The van der Waals surface area contributed by atoms with Crippen molar-refractivity contribution < 1.29 is 9.15 Å². The summed E-state index contributed by atoms with van der Waals surface area (Å²) in [6.45, 7) is 20.4. The van der Waals surface area contributed by atoms with Gasteiger partial charge < -0.3 is 23.9 Å². The van der Waals surface area contributed by atoms with Crippen LogP contribution in [0, 0.1) is 0 Å². The zero-order chi connectivity index (χ0) is 62.6. The lowest BCUT2D eigenvalue weighted by Gasteiger charge is -2.39. The highest BCUT2D eigenvalue weighted by molar-refractivity contribution is 6.37. The first kappa shape index (κ1) is 57.4. The van der Waals surface area contributed by atoms with Crippen LogP contribution in [0.2, 0.25) is 5.02 Å². The first-order valence-corrected chi connectivity index (χ1v) is 32.0. The van der Waals surface area contributed by atoms with Gasteiger partial charge in [0.15, 0.2) is 5.58 Å². The largest absolute Gasteiger partial charge is 0.457 e. The summed E-state index contributed by atoms with van der Waals surface area (Å²) >= 11 is 8.61. The van der Waals surface area contributed by atoms with Crippen molar-refractivity contribution in [1.29, 1.82) is 0 Å². The fourth-order valence-corrected chi connectivity index (χ4v) is 14.3. The third-order valence-electron chi connectivity index (χ3n) is 18.7. The molecule has 0 unspecified atom stereocenters. The zero-order valence-corrected chi connectivity index (χ0v) is 53.8. The lowest BCUT2D eigenvalue weighted by molar-refractivity contribution is 0.436. The molecule has 1 aliphatic carbocycles. The normalized spacial score (nSPS) is 13.1. The van der Waals surface area contributed by atoms with E-state index in [4.69, 9.17) is 20.8 Å². The van der Waals surface area contributed by atoms with E-state index < -0.39 is 5.41 Å². The second kappa shape index (κ2) is 21.9. The van der Waals surface area contributed by atoms with Crippen LogP contribution in [0.3, 0.4) is 0 Å². The van der Waals surface area contributed by atoms with Crippen molar-refractivity contribution in [2.24, 2.45) is 0 Å². The Hall–Kier alpha value is -10.1. The van der Waals surface area contributed by atoms with Gasteiger partial charge in [-0.3, -0.25) is 0 Å². The van der Waals surface area contributed by atoms with Gasteiger partial charge in [-0.15, -0.1) is 0 Å². The summed E-state index contributed by atoms with van der Waals surface area (Å²) in [5.74, 6) is 1.69. The minimum atomic E-state index is -0.708. The van der Waals surface area contributed by atoms with E-state index in [0.29, 0.717) is 5.02 Å². The molecule has 0 amide bonds. The van der Waals surface area contributed by atoms with Gasteiger partial charge in [-0.05, 0) is 169 Å². The molecule has 0 saturated heterocycles. The van der Waals surface area contributed by atoms with Crippen LogP contribution in [0.15, 0.2) is 277 Å². The molecular weight excluding hydrogens is 1130 g/mol. The van der Waals surface area contributed by atoms with Crippen LogP contribution in [0.25, 0.3) is 44.2 Å². The lowest BCUT2D eigenvalue weighted by atomic mass is 9.66. The number of hydrogen-bond donors (Lipinski definition) is 0. The van der Waals surface area contributed by atoms with E-state index in [2.05, 4.69) is 344 Å². The van der Waals surface area contributed by atoms with Gasteiger partial charge >= 0.3 is 0 Å². The number of halogens is 1. The number of furan rings is 1. The highest BCUT2D eigenvalue weighted by Crippen LogP contribution is 2.63. The molecule has 12 aromatic carbocycles. The average molecular weight is 1200 g/mol. The molecule has 2 aliphatic rings. The molecule has 2 heterocycles. The summed E-state index contributed by atoms with van der Waals surface area (Å²) in [6, 6.07) is 99.1. The minimum absolute atomic E-state index is 0.0223. The molecule has 0 bridgehead atoms. The van der Waals surface area contributed by atoms with Crippen LogP contribution in [0.1, 0.15) is 101 Å². The Kier molecular flexibility index (Phi) is 13.8. The summed E-state index contributed by atoms with van der Waals surface area (Å²) in [6.07, 6.45) is 0. The SMILES string of the molecule is CC(C)(C)c1ccc(N(c2ccc(C(C)(C)C)cc2)c2cccc(N(c3cc(-c4ccccc4)cc(N(c4ccc(C(C)(C)C)cc4)c4ccc5c(c4)C4(c6ccccc6Oc6ccccc64)c4ccccc4-5)c3Cl)c3cccc4c3oc3ccccc34)c2)cc1. The van der Waals surface area contributed by atoms with Crippen molar-refractivity contribution >= 4 is 84.7 Å². The molecule has 13 aromatic rings. The topological polar surface area (TPSA) is 32.1 Å². The van der Waals surface area contributed by atoms with E-state index in [9.17, 15) is 0 Å². The standard InChI is InChI=1S/C85H72ClN3O2/c1-82(2,3)57-37-43-60(44-38-57)87(61-45-39-58(40-46-61)83(4,5)6)63-25-21-26-64(53-63)89(74-33-22-29-69-68-28-14-18-34-77(68)91-81(69)74)76-52-56(55-23-11-10-12-24-55)51-75(80(76)86)88(62-47-41-59(42-48-62)84(7,8)9)65-49-50-67-66-27-13-15-30-70(66)85(73(67)54-65)71-31-16-19-35-78(71)90-79-36-20-17-32-72(79)85/h10-54H,1-9H3. The molecule has 1 aromatic heterocycles. The quantitative estimate of drug-likeness (QED) is 0.136. The number of benzene rings is 12. The van der Waals surface area contributed by atoms with Crippen LogP contribution in [-0.2, 0) is 21.7 Å². The predicted molar refractivity (Wildman–Crippen MR) is 382 cm³/mol. The van der Waals surface area contributed by atoms with Crippen molar-refractivity contribution in [1.82, 2.24) is 0 Å². The molecule has 0 fully saturated rings. The smallest absolute Gasteiger partial charge is 0.159 e. The Morgan fingerprint density at radius 2 is 0.769 bits per heavy atom. The number of anilines is 9. The Balaban J connectivity index is 1.00. The molecule has 1 aliphatic heterocycles. The van der Waals surface area contributed by atoms with Crippen molar-refractivity contribution in [3.8, 4) is 33.8 Å². The number of rotatable bonds is 10. The number of ether oxygens (including phenoxy) is 1. The lowest BCUT2D eigenvalue weighted by Crippen LogP contribution is -2.32. The third-order valence-corrected chi connectivity index (χ3v) is 19.0. The van der Waals surface area contributed by atoms with E-state index >= 15 is 0 Å². The van der Waals surface area contributed by atoms with Crippen molar-refractivity contribution in [3.05, 3.63) is 317 Å². The van der Waals surface area contributed by atoms with Crippen LogP contribution >= 0.6 is 11.6 Å². The molecule has 15 rings (SSSR count). The minimum Gasteiger partial charge on any atom is -0.457 e. The van der Waals surface area contributed by atoms with Gasteiger partial charge in [-0.25, -0.2) is 0 Å². The molecule has 6 heteroatoms. The maximum absolute atomic E-state index is 8.61. The fraction of sp³-hybridized carbons (Fsp3) is 0.153. The van der Waals surface area contributed by atoms with E-state index in [1.165, 1.54) is 38.9 Å². The van der Waals surface area contributed by atoms with Crippen LogP contribution in [-0.4, -0.2) is 0 Å². The average Bonchev–Trinajstić information content (AvgIpc) is 1.56.